The minimum Gasteiger partial charge on any atom is -0.341 e. The number of carbonyl (C=O) groups is 4. The number of hydrogen-bond donors (Lipinski definition) is 0. The third kappa shape index (κ3) is 6.79. The average molecular weight is 649 g/mol. The van der Waals surface area contributed by atoms with Gasteiger partial charge >= 0.3 is 5.97 Å². The Kier molecular flexibility index (Phi) is 10.4. The summed E-state index contributed by atoms with van der Waals surface area (Å²) in [6.07, 6.45) is 4.07. The number of aryl methyl sites for hydroxylation is 1. The Morgan fingerprint density at radius 2 is 1.28 bits per heavy atom. The minimum absolute atomic E-state index is 0.133. The molecule has 0 saturated carbocycles. The van der Waals surface area contributed by atoms with Crippen molar-refractivity contribution < 1.29 is 28.6 Å². The van der Waals surface area contributed by atoms with Gasteiger partial charge in [0, 0.05) is 57.3 Å². The van der Waals surface area contributed by atoms with Gasteiger partial charge in [0.05, 0.1) is 0 Å². The molecule has 1 atom stereocenters. The summed E-state index contributed by atoms with van der Waals surface area (Å²) >= 11 is 0. The summed E-state index contributed by atoms with van der Waals surface area (Å²) in [6.45, 7) is 5.95. The van der Waals surface area contributed by atoms with Crippen molar-refractivity contribution in [2.45, 2.75) is 59.4 Å². The van der Waals surface area contributed by atoms with Crippen molar-refractivity contribution in [3.8, 4) is 0 Å². The standard InChI is InChI=1S/C38H37N2O6P/c1-4-6-7-14-19-33(39-46-26(3)41)36(42)28-20-22-34-31(24-28)32-25-29(21-23-35(32)40(34)5-2)38(44)47(45,30-17-12-9-13-18-30)37(43)27-15-10-8-11-16-27/h8-13,15-18,20-25H,4-7,14,19H2,1-3H3/b39-33+. The quantitative estimate of drug-likeness (QED) is 0.0298. The molecule has 0 aliphatic rings. The van der Waals surface area contributed by atoms with Crippen LogP contribution in [0.1, 0.15) is 83.9 Å². The van der Waals surface area contributed by atoms with Gasteiger partial charge < -0.3 is 14.0 Å². The fraction of sp³-hybridized carbons (Fsp3) is 0.237. The third-order valence-corrected chi connectivity index (χ3v) is 10.9. The molecule has 1 unspecified atom stereocenters. The fourth-order valence-electron chi connectivity index (χ4n) is 5.83. The zero-order chi connectivity index (χ0) is 33.6. The van der Waals surface area contributed by atoms with Gasteiger partial charge in [-0.15, -0.1) is 0 Å². The van der Waals surface area contributed by atoms with E-state index in [9.17, 15) is 23.7 Å². The first kappa shape index (κ1) is 33.4. The van der Waals surface area contributed by atoms with E-state index in [0.717, 1.165) is 36.7 Å². The first-order valence-corrected chi connectivity index (χ1v) is 17.6. The molecule has 240 valence electrons. The zero-order valence-electron chi connectivity index (χ0n) is 26.8. The lowest BCUT2D eigenvalue weighted by molar-refractivity contribution is -0.140. The molecule has 8 nitrogen and oxygen atoms in total. The second-order valence-corrected chi connectivity index (χ2v) is 13.9. The molecule has 1 aromatic heterocycles. The van der Waals surface area contributed by atoms with Gasteiger partial charge in [-0.3, -0.25) is 14.4 Å². The van der Waals surface area contributed by atoms with E-state index in [4.69, 9.17) is 4.84 Å². The van der Waals surface area contributed by atoms with E-state index in [-0.39, 0.29) is 27.9 Å². The smallest absolute Gasteiger partial charge is 0.331 e. The van der Waals surface area contributed by atoms with Crippen LogP contribution in [0.15, 0.2) is 102 Å². The molecule has 4 aromatic carbocycles. The summed E-state index contributed by atoms with van der Waals surface area (Å²) in [6, 6.07) is 26.8. The summed E-state index contributed by atoms with van der Waals surface area (Å²) in [5.74, 6) is -0.961. The van der Waals surface area contributed by atoms with E-state index < -0.39 is 24.2 Å². The summed E-state index contributed by atoms with van der Waals surface area (Å²) in [7, 11) is -4.30. The molecule has 0 aliphatic heterocycles. The molecule has 1 heterocycles. The minimum atomic E-state index is -4.30. The number of carbonyl (C=O) groups excluding carboxylic acids is 4. The van der Waals surface area contributed by atoms with E-state index in [1.807, 2.05) is 13.0 Å². The van der Waals surface area contributed by atoms with Crippen LogP contribution in [0, 0.1) is 0 Å². The summed E-state index contributed by atoms with van der Waals surface area (Å²) < 4.78 is 16.8. The number of fused-ring (bicyclic) bond motifs is 3. The predicted molar refractivity (Wildman–Crippen MR) is 186 cm³/mol. The van der Waals surface area contributed by atoms with Crippen LogP contribution >= 0.6 is 7.14 Å². The van der Waals surface area contributed by atoms with E-state index in [2.05, 4.69) is 16.6 Å². The van der Waals surface area contributed by atoms with Gasteiger partial charge in [0.1, 0.15) is 5.71 Å². The van der Waals surface area contributed by atoms with Crippen molar-refractivity contribution in [1.82, 2.24) is 4.57 Å². The van der Waals surface area contributed by atoms with E-state index in [1.165, 1.54) is 6.92 Å². The number of unbranched alkanes of at least 4 members (excludes halogenated alkanes) is 3. The molecule has 0 saturated heterocycles. The zero-order valence-corrected chi connectivity index (χ0v) is 27.7. The largest absolute Gasteiger partial charge is 0.341 e. The van der Waals surface area contributed by atoms with Crippen molar-refractivity contribution in [2.75, 3.05) is 0 Å². The van der Waals surface area contributed by atoms with Gasteiger partial charge in [-0.25, -0.2) is 4.79 Å². The summed E-state index contributed by atoms with van der Waals surface area (Å²) in [4.78, 5) is 58.2. The van der Waals surface area contributed by atoms with Gasteiger partial charge in [0.25, 0.3) is 0 Å². The molecule has 0 radical (unpaired) electrons. The maximum absolute atomic E-state index is 14.7. The number of hydrogen-bond acceptors (Lipinski definition) is 7. The number of rotatable bonds is 14. The SMILES string of the molecule is CCCCCC/C(=N\OC(C)=O)C(=O)c1ccc2c(c1)c1cc(C(=O)P(=O)(C(=O)c3ccccc3)c3ccccc3)ccc1n2CC. The van der Waals surface area contributed by atoms with Crippen LogP contribution in [0.5, 0.6) is 0 Å². The maximum Gasteiger partial charge on any atom is 0.331 e. The highest BCUT2D eigenvalue weighted by Crippen LogP contribution is 2.51. The molecule has 0 bridgehead atoms. The second kappa shape index (κ2) is 14.7. The van der Waals surface area contributed by atoms with Crippen molar-refractivity contribution in [1.29, 1.82) is 0 Å². The lowest BCUT2D eigenvalue weighted by atomic mass is 9.99. The van der Waals surface area contributed by atoms with Crippen molar-refractivity contribution >= 4 is 62.8 Å². The monoisotopic (exact) mass is 648 g/mol. The van der Waals surface area contributed by atoms with Gasteiger partial charge in [0.15, 0.2) is 0 Å². The predicted octanol–water partition coefficient (Wildman–Crippen LogP) is 8.56. The molecular formula is C38H37N2O6P. The number of Topliss-reactive ketones (excluding diaryl/α,β-unsaturated/α-hetero) is 1. The Balaban J connectivity index is 1.61. The molecule has 5 aromatic rings. The van der Waals surface area contributed by atoms with E-state index in [0.29, 0.717) is 29.3 Å². The highest BCUT2D eigenvalue weighted by molar-refractivity contribution is 8.01. The van der Waals surface area contributed by atoms with E-state index >= 15 is 0 Å². The Morgan fingerprint density at radius 3 is 1.87 bits per heavy atom. The fourth-order valence-corrected chi connectivity index (χ4v) is 8.09. The third-order valence-electron chi connectivity index (χ3n) is 8.22. The normalized spacial score (nSPS) is 13.0. The molecule has 47 heavy (non-hydrogen) atoms. The number of aromatic nitrogens is 1. The molecule has 0 aliphatic carbocycles. The number of benzene rings is 4. The second-order valence-electron chi connectivity index (χ2n) is 11.4. The Hall–Kier alpha value is -4.94. The lowest BCUT2D eigenvalue weighted by Gasteiger charge is -2.17. The number of oxime groups is 1. The van der Waals surface area contributed by atoms with Gasteiger partial charge in [-0.2, -0.15) is 0 Å². The number of nitrogens with zero attached hydrogens (tertiary/aromatic N) is 2. The van der Waals surface area contributed by atoms with Gasteiger partial charge in [0.2, 0.25) is 24.0 Å². The first-order valence-electron chi connectivity index (χ1n) is 15.9. The van der Waals surface area contributed by atoms with Crippen LogP contribution in [0.25, 0.3) is 21.8 Å². The van der Waals surface area contributed by atoms with Crippen LogP contribution in [-0.2, 0) is 20.7 Å². The summed E-state index contributed by atoms with van der Waals surface area (Å²) in [5.41, 5.74) is 1.03. The molecule has 0 amide bonds. The molecule has 9 heteroatoms. The Morgan fingerprint density at radius 1 is 0.702 bits per heavy atom. The first-order chi connectivity index (χ1) is 22.7. The highest BCUT2D eigenvalue weighted by atomic mass is 31.2. The van der Waals surface area contributed by atoms with Crippen molar-refractivity contribution in [3.63, 3.8) is 0 Å². The topological polar surface area (TPSA) is 112 Å². The molecule has 0 N–H and O–H groups in total. The summed E-state index contributed by atoms with van der Waals surface area (Å²) in [5, 5.41) is 5.46. The van der Waals surface area contributed by atoms with Crippen LogP contribution < -0.4 is 5.30 Å². The van der Waals surface area contributed by atoms with Crippen LogP contribution in [0.2, 0.25) is 0 Å². The van der Waals surface area contributed by atoms with E-state index in [1.54, 1.807) is 91.0 Å². The van der Waals surface area contributed by atoms with Crippen LogP contribution in [0.3, 0.4) is 0 Å². The molecule has 5 rings (SSSR count). The Bertz CT molecular complexity index is 2050. The highest BCUT2D eigenvalue weighted by Gasteiger charge is 2.42. The lowest BCUT2D eigenvalue weighted by Crippen LogP contribution is -2.20. The molecule has 0 spiro atoms. The average Bonchev–Trinajstić information content (AvgIpc) is 3.42. The maximum atomic E-state index is 14.7. The molecule has 0 fully saturated rings. The Labute approximate surface area is 273 Å². The van der Waals surface area contributed by atoms with Crippen LogP contribution in [0.4, 0.5) is 0 Å². The van der Waals surface area contributed by atoms with Crippen molar-refractivity contribution in [3.05, 3.63) is 114 Å². The van der Waals surface area contributed by atoms with Crippen molar-refractivity contribution in [2.24, 2.45) is 5.16 Å². The molecular weight excluding hydrogens is 611 g/mol. The van der Waals surface area contributed by atoms with Gasteiger partial charge in [-0.05, 0) is 56.2 Å². The van der Waals surface area contributed by atoms with Gasteiger partial charge in [-0.1, -0.05) is 92.0 Å². The number of ketones is 1. The van der Waals surface area contributed by atoms with Crippen LogP contribution in [-0.4, -0.2) is 33.1 Å².